The molecule has 0 aliphatic carbocycles. The van der Waals surface area contributed by atoms with Gasteiger partial charge in [-0.15, -0.1) is 22.7 Å². The van der Waals surface area contributed by atoms with Crippen LogP contribution in [-0.4, -0.2) is 160 Å². The first-order chi connectivity index (χ1) is 43.1. The number of nitrogens with one attached hydrogen (secondary N) is 10. The van der Waals surface area contributed by atoms with E-state index in [9.17, 15) is 58.2 Å². The Kier molecular flexibility index (Phi) is 38.2. The van der Waals surface area contributed by atoms with Crippen molar-refractivity contribution in [2.45, 2.75) is 238 Å². The maximum absolute atomic E-state index is 13.7. The average molecular weight is 1350 g/mol. The molecule has 11 atom stereocenters. The molecule has 0 radical (unpaired) electrons. The van der Waals surface area contributed by atoms with Crippen molar-refractivity contribution < 1.29 is 67.6 Å². The lowest BCUT2D eigenvalue weighted by Gasteiger charge is -2.30. The van der Waals surface area contributed by atoms with Crippen molar-refractivity contribution in [3.8, 4) is 0 Å². The minimum Gasteiger partial charge on any atom is -0.444 e. The van der Waals surface area contributed by atoms with Crippen molar-refractivity contribution in [2.75, 3.05) is 26.2 Å². The minimum atomic E-state index is -1.19. The number of alkyl carbamates (subject to hydrolysis) is 2. The largest absolute Gasteiger partial charge is 0.444 e. The molecular weight excluding hydrogens is 1240 g/mol. The second kappa shape index (κ2) is 42.0. The molecule has 0 aliphatic rings. The van der Waals surface area contributed by atoms with Gasteiger partial charge in [0, 0.05) is 72.9 Å². The van der Waals surface area contributed by atoms with Gasteiger partial charge in [0.25, 0.3) is 0 Å². The molecular formula is C65H114N12O14S2. The molecule has 26 nitrogen and oxygen atoms in total. The lowest BCUT2D eigenvalue weighted by Crippen LogP contribution is -2.57. The van der Waals surface area contributed by atoms with E-state index < -0.39 is 108 Å². The molecule has 0 bridgehead atoms. The van der Waals surface area contributed by atoms with Crippen LogP contribution in [0.5, 0.6) is 0 Å². The van der Waals surface area contributed by atoms with Crippen molar-refractivity contribution in [1.82, 2.24) is 63.1 Å². The molecule has 0 aliphatic heterocycles. The van der Waals surface area contributed by atoms with Gasteiger partial charge in [0.05, 0.1) is 35.8 Å². The number of ether oxygens (including phenoxy) is 2. The van der Waals surface area contributed by atoms with Crippen LogP contribution in [-0.2, 0) is 60.9 Å². The van der Waals surface area contributed by atoms with Crippen molar-refractivity contribution in [3.05, 3.63) is 32.2 Å². The van der Waals surface area contributed by atoms with Crippen LogP contribution in [0.15, 0.2) is 10.8 Å². The van der Waals surface area contributed by atoms with Crippen molar-refractivity contribution in [3.63, 3.8) is 0 Å². The fraction of sp³-hybridized carbons (Fsp3) is 0.754. The summed E-state index contributed by atoms with van der Waals surface area (Å²) in [4.78, 5) is 137. The Morgan fingerprint density at radius 3 is 1.23 bits per heavy atom. The fourth-order valence-electron chi connectivity index (χ4n) is 9.07. The fourth-order valence-corrected chi connectivity index (χ4v) is 10.7. The van der Waals surface area contributed by atoms with Crippen molar-refractivity contribution >= 4 is 82.1 Å². The van der Waals surface area contributed by atoms with E-state index in [2.05, 4.69) is 63.1 Å². The standard InChI is InChI=1S/C35H62N6O7S.C30H52N6O7S/c1-19(2)13-25(27(42)14-22(7)31(44)41-29(21(5)6)33(46)36-16-20(3)4)39-32(45)26(17-37-34(47)48-35(10,11)12)40-30(43)23(8)15-28-38-24(9)18-49-28;1-16(2)10-22(24(38)11-19(7)27(39)36-26(18(5)6)29(41)32-12-17(3)4)34-28(40)23(13-31-21(9)37)35-30(42)43-14-25-33-20(8)15-44-25/h18-23,25-27,29,42H,13-17H2,1-12H3,(H,36,46)(H,37,47)(H,39,45)(H,40,43)(H,41,44);15-19,22-24,26,38H,10-14H2,1-9H3,(H,31,37)(H,32,41)(H,34,40)(H,35,42)(H,36,39). The maximum atomic E-state index is 13.7. The van der Waals surface area contributed by atoms with Gasteiger partial charge in [-0.2, -0.15) is 0 Å². The van der Waals surface area contributed by atoms with Crippen LogP contribution >= 0.6 is 22.7 Å². The first kappa shape index (κ1) is 84.5. The average Bonchev–Trinajstić information content (AvgIpc) is 2.16. The van der Waals surface area contributed by atoms with Gasteiger partial charge in [0.2, 0.25) is 47.3 Å². The summed E-state index contributed by atoms with van der Waals surface area (Å²) >= 11 is 2.79. The summed E-state index contributed by atoms with van der Waals surface area (Å²) in [6, 6.07) is -5.37. The molecule has 0 saturated heterocycles. The Bertz CT molecular complexity index is 2680. The second-order valence-electron chi connectivity index (χ2n) is 27.7. The topological polar surface area (TPSA) is 376 Å². The molecule has 2 heterocycles. The van der Waals surface area contributed by atoms with Crippen LogP contribution in [0.1, 0.15) is 179 Å². The van der Waals surface area contributed by atoms with E-state index in [1.165, 1.54) is 29.6 Å². The lowest BCUT2D eigenvalue weighted by atomic mass is 9.91. The lowest BCUT2D eigenvalue weighted by molar-refractivity contribution is -0.133. The summed E-state index contributed by atoms with van der Waals surface area (Å²) in [6.45, 7) is 38.6. The number of hydrogen-bond acceptors (Lipinski definition) is 18. The molecule has 2 aromatic heterocycles. The number of carbonyl (C=O) groups is 10. The molecule has 93 heavy (non-hydrogen) atoms. The van der Waals surface area contributed by atoms with E-state index >= 15 is 0 Å². The van der Waals surface area contributed by atoms with Gasteiger partial charge < -0.3 is 72.9 Å². The van der Waals surface area contributed by atoms with E-state index in [1.54, 1.807) is 41.5 Å². The van der Waals surface area contributed by atoms with Gasteiger partial charge in [0.15, 0.2) is 0 Å². The number of aliphatic hydroxyl groups is 2. The van der Waals surface area contributed by atoms with Crippen LogP contribution in [0.4, 0.5) is 9.59 Å². The van der Waals surface area contributed by atoms with Gasteiger partial charge >= 0.3 is 12.2 Å². The normalized spacial score (nSPS) is 15.2. The minimum absolute atomic E-state index is 0.0133. The number of aliphatic hydroxyl groups excluding tert-OH is 2. The predicted octanol–water partition coefficient (Wildman–Crippen LogP) is 5.48. The molecule has 12 N–H and O–H groups in total. The van der Waals surface area contributed by atoms with Gasteiger partial charge in [-0.25, -0.2) is 19.6 Å². The molecule has 10 amide bonds. The van der Waals surface area contributed by atoms with Gasteiger partial charge in [0.1, 0.15) is 41.4 Å². The first-order valence-corrected chi connectivity index (χ1v) is 34.2. The smallest absolute Gasteiger partial charge is 0.408 e. The first-order valence-electron chi connectivity index (χ1n) is 32.5. The van der Waals surface area contributed by atoms with E-state index in [1.807, 2.05) is 108 Å². The Balaban J connectivity index is 0.000000935. The van der Waals surface area contributed by atoms with E-state index in [-0.39, 0.29) is 91.7 Å². The Hall–Kier alpha value is -6.52. The molecule has 11 unspecified atom stereocenters. The SMILES string of the molecule is CC(=O)NCC(NC(=O)OCc1nc(C)cs1)C(=O)NC(CC(C)C)C(O)CC(C)C(=O)NC(C(=O)NCC(C)C)C(C)C.Cc1csc(CC(C)C(=O)NC(CNC(=O)OC(C)(C)C)C(=O)NC(CC(C)C)C(O)CC(C)C(=O)NC(C(=O)NCC(C)C)C(C)C)n1. The summed E-state index contributed by atoms with van der Waals surface area (Å²) in [6.07, 6.45) is -2.68. The summed E-state index contributed by atoms with van der Waals surface area (Å²) < 4.78 is 10.5. The maximum Gasteiger partial charge on any atom is 0.408 e. The number of rotatable bonds is 37. The Morgan fingerprint density at radius 1 is 0.462 bits per heavy atom. The highest BCUT2D eigenvalue weighted by atomic mass is 32.1. The summed E-state index contributed by atoms with van der Waals surface area (Å²) in [5.41, 5.74) is 0.888. The molecule has 0 saturated carbocycles. The zero-order chi connectivity index (χ0) is 71.2. The Morgan fingerprint density at radius 2 is 0.860 bits per heavy atom. The number of amides is 10. The molecule has 530 valence electrons. The third-order valence-electron chi connectivity index (χ3n) is 14.2. The van der Waals surface area contributed by atoms with Crippen LogP contribution in [0.2, 0.25) is 0 Å². The number of aromatic nitrogens is 2. The monoisotopic (exact) mass is 1350 g/mol. The molecule has 2 rings (SSSR count). The summed E-state index contributed by atoms with van der Waals surface area (Å²) in [7, 11) is 0. The number of hydrogen-bond donors (Lipinski definition) is 12. The van der Waals surface area contributed by atoms with E-state index in [4.69, 9.17) is 9.47 Å². The van der Waals surface area contributed by atoms with Crippen LogP contribution in [0, 0.1) is 67.1 Å². The second-order valence-corrected chi connectivity index (χ2v) is 29.5. The Labute approximate surface area is 560 Å². The molecule has 28 heteroatoms. The molecule has 0 aromatic carbocycles. The molecule has 2 aromatic rings. The summed E-state index contributed by atoms with van der Waals surface area (Å²) in [5.74, 6) is -4.86. The summed E-state index contributed by atoms with van der Waals surface area (Å²) in [5, 5.41) is 54.9. The van der Waals surface area contributed by atoms with Crippen molar-refractivity contribution in [1.29, 1.82) is 0 Å². The number of aryl methyl sites for hydroxylation is 2. The van der Waals surface area contributed by atoms with Crippen molar-refractivity contribution in [2.24, 2.45) is 53.3 Å². The van der Waals surface area contributed by atoms with Crippen LogP contribution in [0.3, 0.4) is 0 Å². The van der Waals surface area contributed by atoms with Gasteiger partial charge in [-0.1, -0.05) is 104 Å². The number of thiazole rings is 2. The number of carbonyl (C=O) groups excluding carboxylic acids is 10. The third-order valence-corrected chi connectivity index (χ3v) is 16.1. The van der Waals surface area contributed by atoms with E-state index in [0.29, 0.717) is 37.4 Å². The zero-order valence-electron chi connectivity index (χ0n) is 59.0. The van der Waals surface area contributed by atoms with Crippen LogP contribution < -0.4 is 53.2 Å². The van der Waals surface area contributed by atoms with E-state index in [0.717, 1.165) is 16.4 Å². The predicted molar refractivity (Wildman–Crippen MR) is 360 cm³/mol. The highest BCUT2D eigenvalue weighted by molar-refractivity contribution is 7.09. The molecule has 0 fully saturated rings. The highest BCUT2D eigenvalue weighted by Gasteiger charge is 2.35. The highest BCUT2D eigenvalue weighted by Crippen LogP contribution is 2.20. The number of nitrogens with zero attached hydrogens (tertiary/aromatic N) is 2. The molecule has 0 spiro atoms. The van der Waals surface area contributed by atoms with Crippen LogP contribution in [0.25, 0.3) is 0 Å². The van der Waals surface area contributed by atoms with Gasteiger partial charge in [-0.3, -0.25) is 38.4 Å². The third kappa shape index (κ3) is 35.5. The van der Waals surface area contributed by atoms with Gasteiger partial charge in [-0.05, 0) is 95.8 Å². The zero-order valence-corrected chi connectivity index (χ0v) is 60.7. The quantitative estimate of drug-likeness (QED) is 0.0398.